The molecule has 2 aromatic rings. The molecule has 28 heavy (non-hydrogen) atoms. The van der Waals surface area contributed by atoms with Gasteiger partial charge in [0.05, 0.1) is 17.9 Å². The summed E-state index contributed by atoms with van der Waals surface area (Å²) in [6.45, 7) is 3.33. The molecule has 0 radical (unpaired) electrons. The minimum atomic E-state index is -0.126. The summed E-state index contributed by atoms with van der Waals surface area (Å²) in [5, 5.41) is 7.07. The first-order valence-corrected chi connectivity index (χ1v) is 9.62. The van der Waals surface area contributed by atoms with Crippen molar-refractivity contribution < 1.29 is 9.59 Å². The number of aryl methyl sites for hydroxylation is 1. The van der Waals surface area contributed by atoms with Crippen LogP contribution in [0.2, 0.25) is 0 Å². The van der Waals surface area contributed by atoms with Crippen LogP contribution in [0.1, 0.15) is 12.8 Å². The summed E-state index contributed by atoms with van der Waals surface area (Å²) in [6.07, 6.45) is 8.74. The maximum Gasteiger partial charge on any atom is 0.321 e. The van der Waals surface area contributed by atoms with Gasteiger partial charge in [0.25, 0.3) is 0 Å². The zero-order valence-corrected chi connectivity index (χ0v) is 16.0. The van der Waals surface area contributed by atoms with Gasteiger partial charge in [0, 0.05) is 64.0 Å². The molecule has 9 heteroatoms. The van der Waals surface area contributed by atoms with Crippen molar-refractivity contribution in [2.75, 3.05) is 42.9 Å². The number of hydrogen-bond acceptors (Lipinski definition) is 5. The van der Waals surface area contributed by atoms with Crippen LogP contribution in [0.5, 0.6) is 0 Å². The Labute approximate surface area is 163 Å². The number of urea groups is 1. The molecule has 9 nitrogen and oxygen atoms in total. The Kier molecular flexibility index (Phi) is 5.25. The van der Waals surface area contributed by atoms with Crippen LogP contribution in [-0.2, 0) is 11.8 Å². The van der Waals surface area contributed by atoms with Crippen molar-refractivity contribution in [2.24, 2.45) is 7.05 Å². The van der Waals surface area contributed by atoms with Crippen LogP contribution < -0.4 is 10.2 Å². The van der Waals surface area contributed by atoms with Crippen molar-refractivity contribution >= 4 is 23.3 Å². The van der Waals surface area contributed by atoms with E-state index >= 15 is 0 Å². The highest BCUT2D eigenvalue weighted by molar-refractivity contribution is 5.97. The molecule has 0 aliphatic carbocycles. The van der Waals surface area contributed by atoms with Gasteiger partial charge in [-0.3, -0.25) is 19.4 Å². The second-order valence-corrected chi connectivity index (χ2v) is 7.21. The molecule has 148 valence electrons. The molecule has 2 fully saturated rings. The van der Waals surface area contributed by atoms with E-state index in [1.165, 1.54) is 0 Å². The molecule has 4 rings (SSSR count). The number of rotatable bonds is 3. The monoisotopic (exact) mass is 383 g/mol. The first kappa shape index (κ1) is 18.4. The van der Waals surface area contributed by atoms with Crippen molar-refractivity contribution in [1.82, 2.24) is 24.6 Å². The second kappa shape index (κ2) is 7.97. The SMILES string of the molecule is Cn1cc(N2CCCC(N3CCN(C(=O)Nc4ccncc4)CC3)C2=O)cn1. The van der Waals surface area contributed by atoms with Gasteiger partial charge < -0.3 is 15.1 Å². The highest BCUT2D eigenvalue weighted by Gasteiger charge is 2.36. The number of aromatic nitrogens is 3. The summed E-state index contributed by atoms with van der Waals surface area (Å²) in [5.74, 6) is 0.133. The summed E-state index contributed by atoms with van der Waals surface area (Å²) in [6, 6.07) is 3.29. The third kappa shape index (κ3) is 3.84. The number of nitrogens with one attached hydrogen (secondary N) is 1. The first-order chi connectivity index (χ1) is 13.6. The van der Waals surface area contributed by atoms with Gasteiger partial charge in [0.1, 0.15) is 0 Å². The lowest BCUT2D eigenvalue weighted by atomic mass is 10.0. The van der Waals surface area contributed by atoms with E-state index in [4.69, 9.17) is 0 Å². The number of piperidine rings is 1. The Morgan fingerprint density at radius 3 is 2.57 bits per heavy atom. The van der Waals surface area contributed by atoms with Crippen LogP contribution in [0.25, 0.3) is 0 Å². The number of anilines is 2. The highest BCUT2D eigenvalue weighted by atomic mass is 16.2. The van der Waals surface area contributed by atoms with Gasteiger partial charge in [-0.2, -0.15) is 5.10 Å². The molecule has 3 amide bonds. The van der Waals surface area contributed by atoms with Crippen molar-refractivity contribution in [3.05, 3.63) is 36.9 Å². The van der Waals surface area contributed by atoms with Crippen molar-refractivity contribution in [3.63, 3.8) is 0 Å². The van der Waals surface area contributed by atoms with Crippen LogP contribution in [-0.4, -0.2) is 75.3 Å². The van der Waals surface area contributed by atoms with E-state index in [1.807, 2.05) is 18.1 Å². The summed E-state index contributed by atoms with van der Waals surface area (Å²) >= 11 is 0. The van der Waals surface area contributed by atoms with E-state index in [-0.39, 0.29) is 18.0 Å². The fraction of sp³-hybridized carbons (Fsp3) is 0.474. The fourth-order valence-electron chi connectivity index (χ4n) is 3.87. The summed E-state index contributed by atoms with van der Waals surface area (Å²) in [5.41, 5.74) is 1.59. The molecule has 1 atom stereocenters. The summed E-state index contributed by atoms with van der Waals surface area (Å²) in [4.78, 5) is 35.3. The molecule has 0 aromatic carbocycles. The van der Waals surface area contributed by atoms with E-state index in [0.29, 0.717) is 26.2 Å². The van der Waals surface area contributed by atoms with Gasteiger partial charge >= 0.3 is 6.03 Å². The number of pyridine rings is 1. The third-order valence-electron chi connectivity index (χ3n) is 5.39. The molecule has 1 N–H and O–H groups in total. The smallest absolute Gasteiger partial charge is 0.321 e. The lowest BCUT2D eigenvalue weighted by Crippen LogP contribution is -2.58. The summed E-state index contributed by atoms with van der Waals surface area (Å²) in [7, 11) is 1.85. The minimum absolute atomic E-state index is 0.113. The molecule has 1 unspecified atom stereocenters. The van der Waals surface area contributed by atoms with Crippen LogP contribution >= 0.6 is 0 Å². The van der Waals surface area contributed by atoms with Crippen molar-refractivity contribution in [1.29, 1.82) is 0 Å². The number of carbonyl (C=O) groups is 2. The predicted molar refractivity (Wildman–Crippen MR) is 105 cm³/mol. The lowest BCUT2D eigenvalue weighted by Gasteiger charge is -2.42. The second-order valence-electron chi connectivity index (χ2n) is 7.21. The Bertz CT molecular complexity index is 830. The average Bonchev–Trinajstić information content (AvgIpc) is 3.15. The van der Waals surface area contributed by atoms with E-state index < -0.39 is 0 Å². The Morgan fingerprint density at radius 2 is 1.89 bits per heavy atom. The van der Waals surface area contributed by atoms with Gasteiger partial charge in [-0.05, 0) is 25.0 Å². The number of amides is 3. The molecular weight excluding hydrogens is 358 g/mol. The Hall–Kier alpha value is -2.94. The number of nitrogens with zero attached hydrogens (tertiary/aromatic N) is 6. The summed E-state index contributed by atoms with van der Waals surface area (Å²) < 4.78 is 1.71. The number of hydrogen-bond donors (Lipinski definition) is 1. The zero-order chi connectivity index (χ0) is 19.5. The van der Waals surface area contributed by atoms with Gasteiger partial charge in [-0.1, -0.05) is 0 Å². The van der Waals surface area contributed by atoms with Crippen LogP contribution in [0, 0.1) is 0 Å². The number of carbonyl (C=O) groups excluding carboxylic acids is 2. The van der Waals surface area contributed by atoms with Gasteiger partial charge in [-0.15, -0.1) is 0 Å². The van der Waals surface area contributed by atoms with Crippen LogP contribution in [0.15, 0.2) is 36.9 Å². The Morgan fingerprint density at radius 1 is 1.14 bits per heavy atom. The fourth-order valence-corrected chi connectivity index (χ4v) is 3.87. The van der Waals surface area contributed by atoms with Crippen LogP contribution in [0.4, 0.5) is 16.2 Å². The van der Waals surface area contributed by atoms with Gasteiger partial charge in [0.15, 0.2) is 0 Å². The molecule has 2 aromatic heterocycles. The van der Waals surface area contributed by atoms with E-state index in [9.17, 15) is 9.59 Å². The van der Waals surface area contributed by atoms with E-state index in [1.54, 1.807) is 40.3 Å². The minimum Gasteiger partial charge on any atom is -0.322 e. The maximum absolute atomic E-state index is 13.0. The van der Waals surface area contributed by atoms with Crippen molar-refractivity contribution in [3.8, 4) is 0 Å². The highest BCUT2D eigenvalue weighted by Crippen LogP contribution is 2.24. The first-order valence-electron chi connectivity index (χ1n) is 9.62. The standard InChI is InChI=1S/C19H25N7O2/c1-23-14-16(13-21-23)26-8-2-3-17(18(26)27)24-9-11-25(12-10-24)19(28)22-15-4-6-20-7-5-15/h4-7,13-14,17H,2-3,8-12H2,1H3,(H,20,22,28). The molecule has 2 aliphatic heterocycles. The van der Waals surface area contributed by atoms with Crippen LogP contribution in [0.3, 0.4) is 0 Å². The normalized spacial score (nSPS) is 21.0. The molecule has 2 saturated heterocycles. The number of piperazine rings is 1. The molecular formula is C19H25N7O2. The van der Waals surface area contributed by atoms with Gasteiger partial charge in [-0.25, -0.2) is 4.79 Å². The third-order valence-corrected chi connectivity index (χ3v) is 5.39. The predicted octanol–water partition coefficient (Wildman–Crippen LogP) is 1.16. The van der Waals surface area contributed by atoms with E-state index in [0.717, 1.165) is 30.8 Å². The zero-order valence-electron chi connectivity index (χ0n) is 16.0. The maximum atomic E-state index is 13.0. The van der Waals surface area contributed by atoms with E-state index in [2.05, 4.69) is 20.3 Å². The Balaban J connectivity index is 1.34. The molecule has 0 saturated carbocycles. The van der Waals surface area contributed by atoms with Crippen molar-refractivity contribution in [2.45, 2.75) is 18.9 Å². The average molecular weight is 383 g/mol. The molecule has 4 heterocycles. The topological polar surface area (TPSA) is 86.6 Å². The lowest BCUT2D eigenvalue weighted by molar-refractivity contribution is -0.126. The largest absolute Gasteiger partial charge is 0.322 e. The quantitative estimate of drug-likeness (QED) is 0.860. The molecule has 0 bridgehead atoms. The molecule has 0 spiro atoms. The molecule has 2 aliphatic rings. The van der Waals surface area contributed by atoms with Gasteiger partial charge in [0.2, 0.25) is 5.91 Å².